The maximum Gasteiger partial charge on any atom is 0.0483 e. The minimum atomic E-state index is 0.990. The van der Waals surface area contributed by atoms with E-state index in [1.807, 2.05) is 0 Å². The first-order valence-corrected chi connectivity index (χ1v) is 7.01. The molecule has 3 rings (SSSR count). The maximum absolute atomic E-state index is 3.59. The first-order valence-electron chi connectivity index (χ1n) is 7.01. The van der Waals surface area contributed by atoms with Gasteiger partial charge in [0.25, 0.3) is 0 Å². The number of fused-ring (bicyclic) bond motifs is 1. The van der Waals surface area contributed by atoms with Crippen molar-refractivity contribution in [3.63, 3.8) is 0 Å². The molecule has 2 aromatic rings. The zero-order valence-corrected chi connectivity index (χ0v) is 11.4. The lowest BCUT2D eigenvalue weighted by Crippen LogP contribution is -2.17. The van der Waals surface area contributed by atoms with Crippen LogP contribution in [-0.2, 0) is 13.6 Å². The molecule has 1 saturated carbocycles. The molecule has 0 spiro atoms. The van der Waals surface area contributed by atoms with Crippen molar-refractivity contribution in [2.24, 2.45) is 13.0 Å². The number of nitrogens with zero attached hydrogens (tertiary/aromatic N) is 1. The van der Waals surface area contributed by atoms with Crippen LogP contribution in [0, 0.1) is 12.8 Å². The zero-order chi connectivity index (χ0) is 12.5. The molecule has 0 aliphatic heterocycles. The summed E-state index contributed by atoms with van der Waals surface area (Å²) in [4.78, 5) is 0. The van der Waals surface area contributed by atoms with Crippen molar-refractivity contribution in [1.82, 2.24) is 9.88 Å². The summed E-state index contributed by atoms with van der Waals surface area (Å²) >= 11 is 0. The number of hydrogen-bond donors (Lipinski definition) is 1. The van der Waals surface area contributed by atoms with Gasteiger partial charge in [-0.3, -0.25) is 0 Å². The third-order valence-electron chi connectivity index (χ3n) is 4.23. The molecule has 18 heavy (non-hydrogen) atoms. The number of hydrogen-bond acceptors (Lipinski definition) is 1. The summed E-state index contributed by atoms with van der Waals surface area (Å²) < 4.78 is 2.33. The van der Waals surface area contributed by atoms with E-state index in [4.69, 9.17) is 0 Å². The molecule has 0 bridgehead atoms. The number of rotatable bonds is 5. The average molecular weight is 242 g/mol. The Labute approximate surface area is 109 Å². The Hall–Kier alpha value is -1.28. The van der Waals surface area contributed by atoms with Crippen LogP contribution in [0.5, 0.6) is 0 Å². The van der Waals surface area contributed by atoms with Gasteiger partial charge in [0.2, 0.25) is 0 Å². The highest BCUT2D eigenvalue weighted by Gasteiger charge is 2.20. The van der Waals surface area contributed by atoms with Gasteiger partial charge in [-0.15, -0.1) is 0 Å². The SMILES string of the molecule is Cc1c(CNCCC2CC2)n(C)c2ccccc12. The van der Waals surface area contributed by atoms with Gasteiger partial charge in [0.15, 0.2) is 0 Å². The Balaban J connectivity index is 1.73. The van der Waals surface area contributed by atoms with Crippen LogP contribution in [0.3, 0.4) is 0 Å². The molecule has 1 N–H and O–H groups in total. The minimum Gasteiger partial charge on any atom is -0.346 e. The monoisotopic (exact) mass is 242 g/mol. The Morgan fingerprint density at radius 3 is 2.78 bits per heavy atom. The van der Waals surface area contributed by atoms with Gasteiger partial charge in [-0.25, -0.2) is 0 Å². The third kappa shape index (κ3) is 2.17. The van der Waals surface area contributed by atoms with E-state index in [2.05, 4.69) is 48.1 Å². The van der Waals surface area contributed by atoms with E-state index in [0.29, 0.717) is 0 Å². The summed E-state index contributed by atoms with van der Waals surface area (Å²) in [5.41, 5.74) is 4.19. The second-order valence-corrected chi connectivity index (χ2v) is 5.56. The van der Waals surface area contributed by atoms with E-state index in [1.165, 1.54) is 41.4 Å². The maximum atomic E-state index is 3.59. The van der Waals surface area contributed by atoms with E-state index in [-0.39, 0.29) is 0 Å². The summed E-state index contributed by atoms with van der Waals surface area (Å²) in [5.74, 6) is 1.02. The van der Waals surface area contributed by atoms with Crippen molar-refractivity contribution in [2.75, 3.05) is 6.54 Å². The molecule has 1 aliphatic carbocycles. The quantitative estimate of drug-likeness (QED) is 0.795. The Bertz CT molecular complexity index is 510. The van der Waals surface area contributed by atoms with Gasteiger partial charge in [0.1, 0.15) is 0 Å². The molecule has 1 aromatic carbocycles. The van der Waals surface area contributed by atoms with Crippen LogP contribution >= 0.6 is 0 Å². The molecule has 0 unspecified atom stereocenters. The molecule has 1 aromatic heterocycles. The third-order valence-corrected chi connectivity index (χ3v) is 4.23. The van der Waals surface area contributed by atoms with Gasteiger partial charge in [-0.2, -0.15) is 0 Å². The zero-order valence-electron chi connectivity index (χ0n) is 11.4. The summed E-state index contributed by atoms with van der Waals surface area (Å²) in [6.07, 6.45) is 4.26. The van der Waals surface area contributed by atoms with E-state index in [1.54, 1.807) is 0 Å². The van der Waals surface area contributed by atoms with Gasteiger partial charge in [-0.05, 0) is 37.4 Å². The molecule has 1 fully saturated rings. The van der Waals surface area contributed by atoms with Crippen LogP contribution in [0.1, 0.15) is 30.5 Å². The Morgan fingerprint density at radius 1 is 1.28 bits per heavy atom. The number of aryl methyl sites for hydroxylation is 2. The first kappa shape index (κ1) is 11.8. The largest absolute Gasteiger partial charge is 0.346 e. The van der Waals surface area contributed by atoms with Crippen LogP contribution < -0.4 is 5.32 Å². The fraction of sp³-hybridized carbons (Fsp3) is 0.500. The standard InChI is InChI=1S/C16H22N2/c1-12-14-5-3-4-6-15(14)18(2)16(12)11-17-10-9-13-7-8-13/h3-6,13,17H,7-11H2,1-2H3. The van der Waals surface area contributed by atoms with Crippen molar-refractivity contribution in [3.05, 3.63) is 35.5 Å². The van der Waals surface area contributed by atoms with Crippen LogP contribution in [0.15, 0.2) is 24.3 Å². The molecule has 0 radical (unpaired) electrons. The van der Waals surface area contributed by atoms with E-state index in [0.717, 1.165) is 19.0 Å². The highest BCUT2D eigenvalue weighted by Crippen LogP contribution is 2.31. The summed E-state index contributed by atoms with van der Waals surface area (Å²) in [6.45, 7) is 4.38. The van der Waals surface area contributed by atoms with Crippen molar-refractivity contribution >= 4 is 10.9 Å². The van der Waals surface area contributed by atoms with Crippen LogP contribution in [0.25, 0.3) is 10.9 Å². The van der Waals surface area contributed by atoms with Gasteiger partial charge >= 0.3 is 0 Å². The topological polar surface area (TPSA) is 17.0 Å². The summed E-state index contributed by atoms with van der Waals surface area (Å²) in [5, 5.41) is 4.98. The molecule has 2 nitrogen and oxygen atoms in total. The van der Waals surface area contributed by atoms with Gasteiger partial charge in [0.05, 0.1) is 0 Å². The minimum absolute atomic E-state index is 0.990. The second-order valence-electron chi connectivity index (χ2n) is 5.56. The van der Waals surface area contributed by atoms with Crippen molar-refractivity contribution in [3.8, 4) is 0 Å². The fourth-order valence-electron chi connectivity index (χ4n) is 2.81. The Morgan fingerprint density at radius 2 is 2.06 bits per heavy atom. The molecule has 0 atom stereocenters. The molecule has 96 valence electrons. The molecule has 2 heteroatoms. The number of benzene rings is 1. The highest BCUT2D eigenvalue weighted by atomic mass is 15.0. The fourth-order valence-corrected chi connectivity index (χ4v) is 2.81. The van der Waals surface area contributed by atoms with Gasteiger partial charge < -0.3 is 9.88 Å². The summed E-state index contributed by atoms with van der Waals surface area (Å²) in [7, 11) is 2.17. The number of para-hydroxylation sites is 1. The molecular formula is C16H22N2. The molecule has 1 heterocycles. The molecule has 0 saturated heterocycles. The van der Waals surface area contributed by atoms with Crippen molar-refractivity contribution < 1.29 is 0 Å². The van der Waals surface area contributed by atoms with E-state index in [9.17, 15) is 0 Å². The van der Waals surface area contributed by atoms with Crippen molar-refractivity contribution in [2.45, 2.75) is 32.7 Å². The number of nitrogens with one attached hydrogen (secondary N) is 1. The molecule has 0 amide bonds. The smallest absolute Gasteiger partial charge is 0.0483 e. The lowest BCUT2D eigenvalue weighted by Gasteiger charge is -2.07. The number of aromatic nitrogens is 1. The van der Waals surface area contributed by atoms with Crippen LogP contribution in [0.4, 0.5) is 0 Å². The van der Waals surface area contributed by atoms with Gasteiger partial charge in [-0.1, -0.05) is 31.0 Å². The molecule has 1 aliphatic rings. The lowest BCUT2D eigenvalue weighted by molar-refractivity contribution is 0.597. The van der Waals surface area contributed by atoms with Crippen LogP contribution in [-0.4, -0.2) is 11.1 Å². The van der Waals surface area contributed by atoms with Crippen molar-refractivity contribution in [1.29, 1.82) is 0 Å². The predicted molar refractivity (Wildman–Crippen MR) is 76.7 cm³/mol. The highest BCUT2D eigenvalue weighted by molar-refractivity contribution is 5.85. The van der Waals surface area contributed by atoms with Gasteiger partial charge in [0, 0.05) is 30.2 Å². The average Bonchev–Trinajstić information content (AvgIpc) is 3.18. The first-order chi connectivity index (χ1) is 8.77. The Kier molecular flexibility index (Phi) is 3.13. The predicted octanol–water partition coefficient (Wildman–Crippen LogP) is 3.38. The summed E-state index contributed by atoms with van der Waals surface area (Å²) in [6, 6.07) is 8.67. The second kappa shape index (κ2) is 4.77. The van der Waals surface area contributed by atoms with E-state index >= 15 is 0 Å². The van der Waals surface area contributed by atoms with Crippen LogP contribution in [0.2, 0.25) is 0 Å². The molecular weight excluding hydrogens is 220 g/mol. The lowest BCUT2D eigenvalue weighted by atomic mass is 10.1. The normalized spacial score (nSPS) is 15.4. The van der Waals surface area contributed by atoms with E-state index < -0.39 is 0 Å².